The monoisotopic (exact) mass is 157 g/mol. The average molecular weight is 157 g/mol. The molecule has 62 valence electrons. The third kappa shape index (κ3) is 1.18. The number of hydrogen-bond donors (Lipinski definition) is 0. The minimum absolute atomic E-state index is 0.0281. The first kappa shape index (κ1) is 7.97. The summed E-state index contributed by atoms with van der Waals surface area (Å²) in [5, 5.41) is 5.32. The fourth-order valence-electron chi connectivity index (χ4n) is 1.24. The molecule has 0 bridgehead atoms. The van der Waals surface area contributed by atoms with Crippen molar-refractivity contribution in [2.24, 2.45) is 5.29 Å². The number of nitrogens with zero attached hydrogens (tertiary/aromatic N) is 3. The molecule has 1 unspecified atom stereocenters. The predicted molar refractivity (Wildman–Crippen MR) is 39.1 cm³/mol. The topological polar surface area (TPSA) is 53.0 Å². The second kappa shape index (κ2) is 2.86. The summed E-state index contributed by atoms with van der Waals surface area (Å²) in [7, 11) is 0. The summed E-state index contributed by atoms with van der Waals surface area (Å²) in [6.07, 6.45) is 0.388. The van der Waals surface area contributed by atoms with Crippen molar-refractivity contribution in [3.05, 3.63) is 4.91 Å². The maximum Gasteiger partial charge on any atom is 0.244 e. The van der Waals surface area contributed by atoms with Crippen molar-refractivity contribution in [3.63, 3.8) is 0 Å². The van der Waals surface area contributed by atoms with Crippen LogP contribution < -0.4 is 0 Å². The fourth-order valence-corrected chi connectivity index (χ4v) is 1.24. The highest BCUT2D eigenvalue weighted by molar-refractivity contribution is 5.78. The standard InChI is InChI=1S/C6H11N3O2/c1-3-8-6(10)4-5(2)9(8)7-11/h5H,3-4H2,1-2H3. The number of carbonyl (C=O) groups excluding carboxylic acids is 1. The minimum Gasteiger partial charge on any atom is -0.273 e. The van der Waals surface area contributed by atoms with Crippen LogP contribution in [-0.4, -0.2) is 28.6 Å². The Kier molecular flexibility index (Phi) is 2.07. The number of amides is 1. The van der Waals surface area contributed by atoms with Crippen molar-refractivity contribution < 1.29 is 4.79 Å². The molecule has 1 saturated heterocycles. The Morgan fingerprint density at radius 2 is 2.36 bits per heavy atom. The molecule has 0 radical (unpaired) electrons. The van der Waals surface area contributed by atoms with Gasteiger partial charge in [-0.25, -0.2) is 5.01 Å². The van der Waals surface area contributed by atoms with Gasteiger partial charge in [0.15, 0.2) is 0 Å². The third-order valence-electron chi connectivity index (χ3n) is 1.78. The van der Waals surface area contributed by atoms with Crippen LogP contribution in [0.25, 0.3) is 0 Å². The lowest BCUT2D eigenvalue weighted by atomic mass is 10.3. The van der Waals surface area contributed by atoms with E-state index in [2.05, 4.69) is 5.29 Å². The molecule has 5 nitrogen and oxygen atoms in total. The molecule has 1 fully saturated rings. The Bertz CT molecular complexity index is 183. The van der Waals surface area contributed by atoms with Crippen LogP contribution in [-0.2, 0) is 4.79 Å². The molecule has 11 heavy (non-hydrogen) atoms. The van der Waals surface area contributed by atoms with E-state index in [-0.39, 0.29) is 11.9 Å². The van der Waals surface area contributed by atoms with Gasteiger partial charge in [0.25, 0.3) is 0 Å². The first-order chi connectivity index (χ1) is 5.20. The van der Waals surface area contributed by atoms with Gasteiger partial charge in [-0.15, -0.1) is 4.91 Å². The summed E-state index contributed by atoms with van der Waals surface area (Å²) < 4.78 is 0. The van der Waals surface area contributed by atoms with E-state index in [0.29, 0.717) is 13.0 Å². The molecule has 0 aliphatic carbocycles. The Hall–Kier alpha value is -1.13. The van der Waals surface area contributed by atoms with Crippen LogP contribution in [0.1, 0.15) is 20.3 Å². The highest BCUT2D eigenvalue weighted by Gasteiger charge is 2.34. The smallest absolute Gasteiger partial charge is 0.244 e. The molecule has 1 rings (SSSR count). The van der Waals surface area contributed by atoms with E-state index in [9.17, 15) is 9.70 Å². The first-order valence-electron chi connectivity index (χ1n) is 3.63. The Morgan fingerprint density at radius 3 is 2.73 bits per heavy atom. The van der Waals surface area contributed by atoms with E-state index in [1.807, 2.05) is 6.92 Å². The second-order valence-corrected chi connectivity index (χ2v) is 2.56. The maximum absolute atomic E-state index is 11.1. The largest absolute Gasteiger partial charge is 0.273 e. The molecule has 0 saturated carbocycles. The number of carbonyl (C=O) groups is 1. The van der Waals surface area contributed by atoms with Crippen molar-refractivity contribution >= 4 is 5.91 Å². The van der Waals surface area contributed by atoms with Crippen LogP contribution in [0.4, 0.5) is 0 Å². The zero-order valence-corrected chi connectivity index (χ0v) is 6.65. The molecule has 0 aromatic carbocycles. The van der Waals surface area contributed by atoms with Gasteiger partial charge in [-0.1, -0.05) is 0 Å². The summed E-state index contributed by atoms with van der Waals surface area (Å²) in [6.45, 7) is 4.12. The van der Waals surface area contributed by atoms with Crippen LogP contribution in [0.5, 0.6) is 0 Å². The van der Waals surface area contributed by atoms with Gasteiger partial charge in [-0.2, -0.15) is 5.12 Å². The second-order valence-electron chi connectivity index (χ2n) is 2.56. The molecule has 0 aromatic rings. The molecule has 0 spiro atoms. The molecule has 0 N–H and O–H groups in total. The van der Waals surface area contributed by atoms with Crippen molar-refractivity contribution in [3.8, 4) is 0 Å². The van der Waals surface area contributed by atoms with Gasteiger partial charge in [-0.05, 0) is 13.8 Å². The number of hydrazine groups is 1. The molecule has 0 aromatic heterocycles. The Morgan fingerprint density at radius 1 is 1.73 bits per heavy atom. The van der Waals surface area contributed by atoms with Gasteiger partial charge in [0.1, 0.15) is 0 Å². The van der Waals surface area contributed by atoms with E-state index in [1.165, 1.54) is 10.1 Å². The van der Waals surface area contributed by atoms with Crippen LogP contribution in [0, 0.1) is 4.91 Å². The van der Waals surface area contributed by atoms with E-state index < -0.39 is 0 Å². The predicted octanol–water partition coefficient (Wildman–Crippen LogP) is 0.525. The lowest BCUT2D eigenvalue weighted by Crippen LogP contribution is -2.37. The van der Waals surface area contributed by atoms with Gasteiger partial charge in [0.2, 0.25) is 5.91 Å². The van der Waals surface area contributed by atoms with Crippen LogP contribution in [0.2, 0.25) is 0 Å². The van der Waals surface area contributed by atoms with Crippen molar-refractivity contribution in [1.29, 1.82) is 0 Å². The number of hydrogen-bond acceptors (Lipinski definition) is 3. The van der Waals surface area contributed by atoms with E-state index in [0.717, 1.165) is 0 Å². The first-order valence-corrected chi connectivity index (χ1v) is 3.63. The van der Waals surface area contributed by atoms with Gasteiger partial charge in [0.05, 0.1) is 17.7 Å². The maximum atomic E-state index is 11.1. The van der Waals surface area contributed by atoms with Crippen molar-refractivity contribution in [2.75, 3.05) is 6.54 Å². The number of rotatable bonds is 2. The quantitative estimate of drug-likeness (QED) is 0.549. The SMILES string of the molecule is CCN1C(=O)CC(C)N1N=O. The summed E-state index contributed by atoms with van der Waals surface area (Å²) in [4.78, 5) is 21.3. The normalized spacial score (nSPS) is 24.5. The Labute approximate surface area is 64.9 Å². The highest BCUT2D eigenvalue weighted by Crippen LogP contribution is 2.18. The molecule has 1 aliphatic heterocycles. The summed E-state index contributed by atoms with van der Waals surface area (Å²) in [5.74, 6) is -0.0281. The van der Waals surface area contributed by atoms with Gasteiger partial charge >= 0.3 is 0 Å². The molecular weight excluding hydrogens is 146 g/mol. The molecule has 5 heteroatoms. The van der Waals surface area contributed by atoms with E-state index in [1.54, 1.807) is 6.92 Å². The third-order valence-corrected chi connectivity index (χ3v) is 1.78. The molecule has 1 aliphatic rings. The van der Waals surface area contributed by atoms with Crippen molar-refractivity contribution in [1.82, 2.24) is 10.1 Å². The minimum atomic E-state index is -0.0834. The van der Waals surface area contributed by atoms with E-state index in [4.69, 9.17) is 0 Å². The highest BCUT2D eigenvalue weighted by atomic mass is 16.3. The zero-order chi connectivity index (χ0) is 8.43. The van der Waals surface area contributed by atoms with Crippen LogP contribution in [0.3, 0.4) is 0 Å². The lowest BCUT2D eigenvalue weighted by molar-refractivity contribution is -0.138. The molecule has 1 heterocycles. The lowest BCUT2D eigenvalue weighted by Gasteiger charge is -2.22. The molecule has 1 amide bonds. The van der Waals surface area contributed by atoms with Gasteiger partial charge < -0.3 is 0 Å². The average Bonchev–Trinajstić information content (AvgIpc) is 2.24. The van der Waals surface area contributed by atoms with Crippen LogP contribution in [0.15, 0.2) is 5.29 Å². The molecular formula is C6H11N3O2. The van der Waals surface area contributed by atoms with E-state index >= 15 is 0 Å². The van der Waals surface area contributed by atoms with Gasteiger partial charge in [-0.3, -0.25) is 4.79 Å². The summed E-state index contributed by atoms with van der Waals surface area (Å²) in [5.41, 5.74) is 0. The Balaban J connectivity index is 2.74. The summed E-state index contributed by atoms with van der Waals surface area (Å²) in [6, 6.07) is -0.0834. The zero-order valence-electron chi connectivity index (χ0n) is 6.65. The summed E-state index contributed by atoms with van der Waals surface area (Å²) >= 11 is 0. The van der Waals surface area contributed by atoms with Crippen molar-refractivity contribution in [2.45, 2.75) is 26.3 Å². The van der Waals surface area contributed by atoms with Gasteiger partial charge in [0, 0.05) is 6.54 Å². The van der Waals surface area contributed by atoms with Crippen LogP contribution >= 0.6 is 0 Å². The number of nitroso groups, excluding NO2 is 1. The fraction of sp³-hybridized carbons (Fsp3) is 0.833. The molecule has 1 atom stereocenters.